The summed E-state index contributed by atoms with van der Waals surface area (Å²) in [5.74, 6) is -0.450. The van der Waals surface area contributed by atoms with Crippen molar-refractivity contribution in [3.05, 3.63) is 29.3 Å². The summed E-state index contributed by atoms with van der Waals surface area (Å²) in [6.45, 7) is 2.76. The maximum atomic E-state index is 13.2. The molecule has 0 saturated carbocycles. The SMILES string of the molecule is CCCC(=N)CC1CCCCN1C(=O)C1CC(=O)c2ccc(O)cc21.Cl. The van der Waals surface area contributed by atoms with Gasteiger partial charge in [0.15, 0.2) is 5.78 Å². The molecule has 142 valence electrons. The van der Waals surface area contributed by atoms with Gasteiger partial charge in [0.05, 0.1) is 5.92 Å². The van der Waals surface area contributed by atoms with E-state index in [0.29, 0.717) is 29.8 Å². The van der Waals surface area contributed by atoms with Gasteiger partial charge >= 0.3 is 0 Å². The average Bonchev–Trinajstić information content (AvgIpc) is 2.91. The first kappa shape index (κ1) is 20.4. The normalized spacial score (nSPS) is 21.9. The first-order valence-corrected chi connectivity index (χ1v) is 9.24. The third-order valence-electron chi connectivity index (χ3n) is 5.34. The van der Waals surface area contributed by atoms with Gasteiger partial charge in [-0.3, -0.25) is 9.59 Å². The summed E-state index contributed by atoms with van der Waals surface area (Å²) in [6, 6.07) is 4.74. The molecule has 0 spiro atoms. The highest BCUT2D eigenvalue weighted by Crippen LogP contribution is 2.38. The summed E-state index contributed by atoms with van der Waals surface area (Å²) < 4.78 is 0. The molecule has 0 radical (unpaired) electrons. The molecular weight excluding hydrogens is 352 g/mol. The Balaban J connectivity index is 0.00000243. The summed E-state index contributed by atoms with van der Waals surface area (Å²) >= 11 is 0. The number of hydrogen-bond acceptors (Lipinski definition) is 4. The number of halogens is 1. The van der Waals surface area contributed by atoms with Crippen molar-refractivity contribution in [2.45, 2.75) is 63.8 Å². The van der Waals surface area contributed by atoms with E-state index < -0.39 is 5.92 Å². The average molecular weight is 379 g/mol. The number of nitrogens with one attached hydrogen (secondary N) is 1. The Morgan fingerprint density at radius 1 is 1.35 bits per heavy atom. The van der Waals surface area contributed by atoms with Gasteiger partial charge in [0, 0.05) is 36.7 Å². The van der Waals surface area contributed by atoms with E-state index in [1.165, 1.54) is 6.07 Å². The quantitative estimate of drug-likeness (QED) is 0.757. The van der Waals surface area contributed by atoms with Crippen LogP contribution in [0, 0.1) is 5.41 Å². The van der Waals surface area contributed by atoms with Crippen LogP contribution >= 0.6 is 12.4 Å². The Morgan fingerprint density at radius 3 is 2.85 bits per heavy atom. The van der Waals surface area contributed by atoms with Gasteiger partial charge in [0.2, 0.25) is 5.91 Å². The van der Waals surface area contributed by atoms with Gasteiger partial charge in [0.1, 0.15) is 5.75 Å². The van der Waals surface area contributed by atoms with Gasteiger partial charge in [-0.25, -0.2) is 0 Å². The van der Waals surface area contributed by atoms with E-state index in [0.717, 1.165) is 32.1 Å². The number of aromatic hydroxyl groups is 1. The fraction of sp³-hybridized carbons (Fsp3) is 0.550. The number of benzene rings is 1. The van der Waals surface area contributed by atoms with E-state index in [-0.39, 0.29) is 42.3 Å². The van der Waals surface area contributed by atoms with Crippen LogP contribution in [-0.4, -0.2) is 40.0 Å². The van der Waals surface area contributed by atoms with Crippen LogP contribution in [0.3, 0.4) is 0 Å². The number of phenols is 1. The number of piperidine rings is 1. The minimum Gasteiger partial charge on any atom is -0.508 e. The van der Waals surface area contributed by atoms with Gasteiger partial charge in [-0.15, -0.1) is 12.4 Å². The van der Waals surface area contributed by atoms with Crippen molar-refractivity contribution in [3.63, 3.8) is 0 Å². The first-order valence-electron chi connectivity index (χ1n) is 9.24. The number of nitrogens with zero attached hydrogens (tertiary/aromatic N) is 1. The Kier molecular flexibility index (Phi) is 6.81. The maximum absolute atomic E-state index is 13.2. The van der Waals surface area contributed by atoms with Gasteiger partial charge in [-0.1, -0.05) is 13.3 Å². The molecule has 1 saturated heterocycles. The Bertz CT molecular complexity index is 704. The van der Waals surface area contributed by atoms with E-state index >= 15 is 0 Å². The summed E-state index contributed by atoms with van der Waals surface area (Å²) in [5, 5.41) is 17.9. The van der Waals surface area contributed by atoms with Crippen LogP contribution in [-0.2, 0) is 4.79 Å². The number of carbonyl (C=O) groups excluding carboxylic acids is 2. The van der Waals surface area contributed by atoms with Crippen LogP contribution in [0.2, 0.25) is 0 Å². The minimum absolute atomic E-state index is 0. The summed E-state index contributed by atoms with van der Waals surface area (Å²) in [4.78, 5) is 27.3. The molecule has 6 heteroatoms. The molecule has 26 heavy (non-hydrogen) atoms. The highest BCUT2D eigenvalue weighted by Gasteiger charge is 2.39. The number of phenolic OH excluding ortho intramolecular Hbond substituents is 1. The molecule has 1 amide bonds. The molecule has 1 aromatic rings. The number of likely N-dealkylation sites (tertiary alicyclic amines) is 1. The van der Waals surface area contributed by atoms with Gasteiger partial charge in [0.25, 0.3) is 0 Å². The topological polar surface area (TPSA) is 81.5 Å². The molecule has 1 fully saturated rings. The highest BCUT2D eigenvalue weighted by molar-refractivity contribution is 6.07. The van der Waals surface area contributed by atoms with Crippen LogP contribution in [0.25, 0.3) is 0 Å². The van der Waals surface area contributed by atoms with Crippen LogP contribution < -0.4 is 0 Å². The molecule has 3 rings (SSSR count). The molecule has 5 nitrogen and oxygen atoms in total. The van der Waals surface area contributed by atoms with E-state index in [9.17, 15) is 14.7 Å². The molecule has 1 aliphatic heterocycles. The highest BCUT2D eigenvalue weighted by atomic mass is 35.5. The fourth-order valence-electron chi connectivity index (χ4n) is 4.11. The zero-order valence-electron chi connectivity index (χ0n) is 15.2. The molecule has 2 N–H and O–H groups in total. The maximum Gasteiger partial charge on any atom is 0.230 e. The molecule has 2 aliphatic rings. The number of Topliss-reactive ketones (excluding diaryl/α,β-unsaturated/α-hetero) is 1. The van der Waals surface area contributed by atoms with Crippen molar-refractivity contribution in [1.82, 2.24) is 4.90 Å². The van der Waals surface area contributed by atoms with Crippen molar-refractivity contribution in [3.8, 4) is 5.75 Å². The monoisotopic (exact) mass is 378 g/mol. The molecule has 0 bridgehead atoms. The number of carbonyl (C=O) groups is 2. The number of fused-ring (bicyclic) bond motifs is 1. The van der Waals surface area contributed by atoms with Gasteiger partial charge < -0.3 is 15.4 Å². The van der Waals surface area contributed by atoms with Crippen molar-refractivity contribution in [2.24, 2.45) is 0 Å². The second-order valence-electron chi connectivity index (χ2n) is 7.19. The largest absolute Gasteiger partial charge is 0.508 e. The fourth-order valence-corrected chi connectivity index (χ4v) is 4.11. The molecular formula is C20H27ClN2O3. The molecule has 1 aliphatic carbocycles. The second kappa shape index (κ2) is 8.67. The molecule has 0 aromatic heterocycles. The van der Waals surface area contributed by atoms with Crippen LogP contribution in [0.5, 0.6) is 5.75 Å². The number of amides is 1. The van der Waals surface area contributed by atoms with E-state index in [4.69, 9.17) is 5.41 Å². The number of ketones is 1. The molecule has 2 atom stereocenters. The van der Waals surface area contributed by atoms with Crippen LogP contribution in [0.4, 0.5) is 0 Å². The lowest BCUT2D eigenvalue weighted by atomic mass is 9.92. The third-order valence-corrected chi connectivity index (χ3v) is 5.34. The lowest BCUT2D eigenvalue weighted by Crippen LogP contribution is -2.46. The molecule has 1 heterocycles. The smallest absolute Gasteiger partial charge is 0.230 e. The number of hydrogen-bond donors (Lipinski definition) is 2. The minimum atomic E-state index is -0.490. The van der Waals surface area contributed by atoms with Gasteiger partial charge in [-0.05, 0) is 49.4 Å². The lowest BCUT2D eigenvalue weighted by Gasteiger charge is -2.37. The summed E-state index contributed by atoms with van der Waals surface area (Å²) in [7, 11) is 0. The van der Waals surface area contributed by atoms with Crippen molar-refractivity contribution in [2.75, 3.05) is 6.54 Å². The standard InChI is InChI=1S/C20H26N2O3.ClH/c1-2-5-13(21)10-14-6-3-4-9-22(14)20(25)18-12-19(24)16-8-7-15(23)11-17(16)18;/h7-8,11,14,18,21,23H,2-6,9-10,12H2,1H3;1H. The van der Waals surface area contributed by atoms with Crippen LogP contribution in [0.15, 0.2) is 18.2 Å². The predicted octanol–water partition coefficient (Wildman–Crippen LogP) is 4.08. The lowest BCUT2D eigenvalue weighted by molar-refractivity contribution is -0.136. The summed E-state index contributed by atoms with van der Waals surface area (Å²) in [5.41, 5.74) is 1.92. The van der Waals surface area contributed by atoms with Crippen molar-refractivity contribution >= 4 is 29.8 Å². The van der Waals surface area contributed by atoms with Gasteiger partial charge in [-0.2, -0.15) is 0 Å². The Labute approximate surface area is 160 Å². The molecule has 2 unspecified atom stereocenters. The Morgan fingerprint density at radius 2 is 2.12 bits per heavy atom. The first-order chi connectivity index (χ1) is 12.0. The van der Waals surface area contributed by atoms with E-state index in [1.807, 2.05) is 4.90 Å². The third kappa shape index (κ3) is 4.09. The van der Waals surface area contributed by atoms with Crippen molar-refractivity contribution < 1.29 is 14.7 Å². The van der Waals surface area contributed by atoms with E-state index in [1.54, 1.807) is 12.1 Å². The Hall–Kier alpha value is -1.88. The van der Waals surface area contributed by atoms with Crippen LogP contribution in [0.1, 0.15) is 73.7 Å². The zero-order valence-corrected chi connectivity index (χ0v) is 16.0. The predicted molar refractivity (Wildman–Crippen MR) is 104 cm³/mol. The van der Waals surface area contributed by atoms with E-state index in [2.05, 4.69) is 6.92 Å². The molecule has 1 aromatic carbocycles. The second-order valence-corrected chi connectivity index (χ2v) is 7.19. The number of rotatable bonds is 5. The van der Waals surface area contributed by atoms with Crippen molar-refractivity contribution in [1.29, 1.82) is 5.41 Å². The summed E-state index contributed by atoms with van der Waals surface area (Å²) in [6.07, 6.45) is 5.51. The zero-order chi connectivity index (χ0) is 18.0.